The molecule has 3 aromatic heterocycles. The summed E-state index contributed by atoms with van der Waals surface area (Å²) < 4.78 is 0. The van der Waals surface area contributed by atoms with Gasteiger partial charge in [0.25, 0.3) is 0 Å². The zero-order chi connectivity index (χ0) is 16.5. The number of hydrogen-bond donors (Lipinski definition) is 2. The molecular formula is C16H10N6O2. The van der Waals surface area contributed by atoms with E-state index in [2.05, 4.69) is 30.4 Å². The van der Waals surface area contributed by atoms with Crippen molar-refractivity contribution in [2.45, 2.75) is 0 Å². The third kappa shape index (κ3) is 2.26. The van der Waals surface area contributed by atoms with Crippen molar-refractivity contribution in [3.05, 3.63) is 60.0 Å². The van der Waals surface area contributed by atoms with Crippen LogP contribution in [0, 0.1) is 0 Å². The van der Waals surface area contributed by atoms with E-state index < -0.39 is 0 Å². The van der Waals surface area contributed by atoms with E-state index in [1.54, 1.807) is 36.8 Å². The molecule has 116 valence electrons. The average molecular weight is 318 g/mol. The number of ketones is 1. The molecule has 0 saturated carbocycles. The molecule has 0 bridgehead atoms. The molecule has 2 N–H and O–H groups in total. The first-order valence-corrected chi connectivity index (χ1v) is 7.05. The highest BCUT2D eigenvalue weighted by molar-refractivity contribution is 6.18. The van der Waals surface area contributed by atoms with Crippen LogP contribution in [0.3, 0.4) is 0 Å². The van der Waals surface area contributed by atoms with Crippen LogP contribution < -0.4 is 0 Å². The van der Waals surface area contributed by atoms with E-state index in [0.29, 0.717) is 33.7 Å². The summed E-state index contributed by atoms with van der Waals surface area (Å²) in [4.78, 5) is 24.0. The second kappa shape index (κ2) is 5.51. The number of phenols is 1. The van der Waals surface area contributed by atoms with Crippen molar-refractivity contribution < 1.29 is 9.90 Å². The summed E-state index contributed by atoms with van der Waals surface area (Å²) in [5, 5.41) is 21.5. The quantitative estimate of drug-likeness (QED) is 0.552. The molecule has 0 amide bonds. The predicted octanol–water partition coefficient (Wildman–Crippen LogP) is 1.75. The molecular weight excluding hydrogens is 308 g/mol. The van der Waals surface area contributed by atoms with Gasteiger partial charge >= 0.3 is 0 Å². The average Bonchev–Trinajstić information content (AvgIpc) is 3.06. The van der Waals surface area contributed by atoms with Gasteiger partial charge in [-0.2, -0.15) is 0 Å². The Labute approximate surface area is 135 Å². The van der Waals surface area contributed by atoms with Gasteiger partial charge in [0.2, 0.25) is 0 Å². The highest BCUT2D eigenvalue weighted by atomic mass is 16.3. The number of aromatic hydroxyl groups is 1. The number of nitrogens with zero attached hydrogens (tertiary/aromatic N) is 5. The molecule has 4 rings (SSSR count). The zero-order valence-corrected chi connectivity index (χ0v) is 12.2. The number of benzene rings is 1. The van der Waals surface area contributed by atoms with Crippen LogP contribution in [0.1, 0.15) is 15.9 Å². The van der Waals surface area contributed by atoms with E-state index in [-0.39, 0.29) is 11.5 Å². The third-order valence-corrected chi connectivity index (χ3v) is 3.54. The molecule has 24 heavy (non-hydrogen) atoms. The van der Waals surface area contributed by atoms with Crippen LogP contribution in [0.5, 0.6) is 5.75 Å². The van der Waals surface area contributed by atoms with Crippen LogP contribution in [0.25, 0.3) is 22.6 Å². The number of aromatic amines is 1. The van der Waals surface area contributed by atoms with E-state index in [4.69, 9.17) is 0 Å². The van der Waals surface area contributed by atoms with Gasteiger partial charge in [-0.3, -0.25) is 4.79 Å². The van der Waals surface area contributed by atoms with Crippen molar-refractivity contribution in [1.82, 2.24) is 30.4 Å². The first-order chi connectivity index (χ1) is 11.7. The Bertz CT molecular complexity index is 1030. The van der Waals surface area contributed by atoms with Gasteiger partial charge in [-0.05, 0) is 35.5 Å². The maximum absolute atomic E-state index is 12.8. The van der Waals surface area contributed by atoms with Crippen LogP contribution in [0.2, 0.25) is 0 Å². The molecule has 0 atom stereocenters. The van der Waals surface area contributed by atoms with Gasteiger partial charge in [0.15, 0.2) is 17.3 Å². The highest BCUT2D eigenvalue weighted by Crippen LogP contribution is 2.27. The second-order valence-corrected chi connectivity index (χ2v) is 5.01. The topological polar surface area (TPSA) is 118 Å². The monoisotopic (exact) mass is 318 g/mol. The first-order valence-electron chi connectivity index (χ1n) is 7.05. The fourth-order valence-corrected chi connectivity index (χ4v) is 2.42. The van der Waals surface area contributed by atoms with Gasteiger partial charge in [0.05, 0.1) is 10.9 Å². The van der Waals surface area contributed by atoms with Crippen LogP contribution in [0.4, 0.5) is 0 Å². The Morgan fingerprint density at radius 1 is 1.04 bits per heavy atom. The number of rotatable bonds is 3. The number of carbonyl (C=O) groups excluding carboxylic acids is 1. The number of phenolic OH excluding ortho intramolecular Hbond substituents is 1. The molecule has 0 radical (unpaired) electrons. The van der Waals surface area contributed by atoms with E-state index in [1.807, 2.05) is 0 Å². The molecule has 0 fully saturated rings. The summed E-state index contributed by atoms with van der Waals surface area (Å²) >= 11 is 0. The lowest BCUT2D eigenvalue weighted by Crippen LogP contribution is -2.03. The van der Waals surface area contributed by atoms with Gasteiger partial charge in [0, 0.05) is 24.2 Å². The van der Waals surface area contributed by atoms with Crippen molar-refractivity contribution in [2.75, 3.05) is 0 Å². The van der Waals surface area contributed by atoms with Crippen LogP contribution in [-0.2, 0) is 0 Å². The molecule has 0 aliphatic carbocycles. The summed E-state index contributed by atoms with van der Waals surface area (Å²) in [7, 11) is 0. The second-order valence-electron chi connectivity index (χ2n) is 5.01. The maximum Gasteiger partial charge on any atom is 0.195 e. The molecule has 0 aliphatic heterocycles. The summed E-state index contributed by atoms with van der Waals surface area (Å²) in [5.74, 6) is 0.223. The number of aromatic nitrogens is 6. The fourth-order valence-electron chi connectivity index (χ4n) is 2.42. The van der Waals surface area contributed by atoms with Crippen LogP contribution in [-0.4, -0.2) is 41.3 Å². The highest BCUT2D eigenvalue weighted by Gasteiger charge is 2.20. The van der Waals surface area contributed by atoms with E-state index in [9.17, 15) is 9.90 Å². The number of hydrogen-bond acceptors (Lipinski definition) is 7. The molecule has 0 saturated heterocycles. The fraction of sp³-hybridized carbons (Fsp3) is 0. The van der Waals surface area contributed by atoms with Crippen LogP contribution >= 0.6 is 0 Å². The summed E-state index contributed by atoms with van der Waals surface area (Å²) in [6.45, 7) is 0. The lowest BCUT2D eigenvalue weighted by atomic mass is 10.0. The van der Waals surface area contributed by atoms with E-state index in [0.717, 1.165) is 0 Å². The van der Waals surface area contributed by atoms with E-state index in [1.165, 1.54) is 12.1 Å². The Morgan fingerprint density at radius 3 is 2.54 bits per heavy atom. The number of carbonyl (C=O) groups is 1. The van der Waals surface area contributed by atoms with Gasteiger partial charge in [-0.1, -0.05) is 0 Å². The molecule has 0 unspecified atom stereocenters. The first kappa shape index (κ1) is 13.9. The minimum Gasteiger partial charge on any atom is -0.508 e. The Kier molecular flexibility index (Phi) is 3.20. The molecule has 0 aliphatic rings. The number of nitrogens with one attached hydrogen (secondary N) is 1. The largest absolute Gasteiger partial charge is 0.508 e. The minimum absolute atomic E-state index is 0.0939. The lowest BCUT2D eigenvalue weighted by Gasteiger charge is -2.03. The van der Waals surface area contributed by atoms with Gasteiger partial charge in [-0.15, -0.1) is 10.2 Å². The van der Waals surface area contributed by atoms with Crippen molar-refractivity contribution in [3.63, 3.8) is 0 Å². The normalized spacial score (nSPS) is 10.8. The molecule has 8 nitrogen and oxygen atoms in total. The molecule has 1 aromatic carbocycles. The SMILES string of the molecule is O=C(c1ccc(O)cc1)c1c[nH]c2nnnc(-c3ncccn3)c12. The molecule has 4 aromatic rings. The predicted molar refractivity (Wildman–Crippen MR) is 84.2 cm³/mol. The molecule has 0 spiro atoms. The van der Waals surface area contributed by atoms with Crippen molar-refractivity contribution >= 4 is 16.8 Å². The smallest absolute Gasteiger partial charge is 0.195 e. The van der Waals surface area contributed by atoms with Crippen molar-refractivity contribution in [3.8, 4) is 17.3 Å². The van der Waals surface area contributed by atoms with Crippen LogP contribution in [0.15, 0.2) is 48.9 Å². The van der Waals surface area contributed by atoms with Gasteiger partial charge in [-0.25, -0.2) is 9.97 Å². The molecule has 8 heteroatoms. The summed E-state index contributed by atoms with van der Waals surface area (Å²) in [6.07, 6.45) is 4.73. The summed E-state index contributed by atoms with van der Waals surface area (Å²) in [6, 6.07) is 7.71. The number of fused-ring (bicyclic) bond motifs is 1. The zero-order valence-electron chi connectivity index (χ0n) is 12.2. The standard InChI is InChI=1S/C16H10N6O2/c23-10-4-2-9(3-5-10)14(24)11-8-19-15-12(11)13(20-22-21-15)16-17-6-1-7-18-16/h1-8,23H,(H,19,20,21). The van der Waals surface area contributed by atoms with Crippen molar-refractivity contribution in [2.24, 2.45) is 0 Å². The Balaban J connectivity index is 1.91. The van der Waals surface area contributed by atoms with E-state index >= 15 is 0 Å². The van der Waals surface area contributed by atoms with Gasteiger partial charge in [0.1, 0.15) is 11.4 Å². The van der Waals surface area contributed by atoms with Gasteiger partial charge < -0.3 is 10.1 Å². The number of H-pyrrole nitrogens is 1. The maximum atomic E-state index is 12.8. The molecule has 3 heterocycles. The Morgan fingerprint density at radius 2 is 1.79 bits per heavy atom. The lowest BCUT2D eigenvalue weighted by molar-refractivity contribution is 0.104. The Hall–Kier alpha value is -3.68. The third-order valence-electron chi connectivity index (χ3n) is 3.54. The minimum atomic E-state index is -0.228. The summed E-state index contributed by atoms with van der Waals surface area (Å²) in [5.41, 5.74) is 1.63. The van der Waals surface area contributed by atoms with Crippen molar-refractivity contribution in [1.29, 1.82) is 0 Å².